The van der Waals surface area contributed by atoms with Crippen molar-refractivity contribution in [3.63, 3.8) is 0 Å². The highest BCUT2D eigenvalue weighted by atomic mass is 19.1. The number of para-hydroxylation sites is 1. The standard InChI is InChI=1S/C27H28FNO4/c1-31-24-17-20-14-15-29(26(30)13-8-16-33-23-12-7-6-11-22(23)28)27(19-9-4-3-5-10-19)21(20)18-25(24)32-2/h3-7,9-12,17-18,27H,8,13-16H2,1-2H3. The molecule has 4 rings (SSSR count). The van der Waals surface area contributed by atoms with Crippen LogP contribution in [0.1, 0.15) is 35.6 Å². The van der Waals surface area contributed by atoms with Crippen molar-refractivity contribution >= 4 is 5.91 Å². The van der Waals surface area contributed by atoms with Crippen molar-refractivity contribution in [2.24, 2.45) is 0 Å². The van der Waals surface area contributed by atoms with Crippen LogP contribution in [0.2, 0.25) is 0 Å². The minimum Gasteiger partial charge on any atom is -0.493 e. The number of carbonyl (C=O) groups excluding carboxylic acids is 1. The SMILES string of the molecule is COc1cc2c(cc1OC)C(c1ccccc1)N(C(=O)CCCOc1ccccc1F)CC2. The first kappa shape index (κ1) is 22.6. The third kappa shape index (κ3) is 4.95. The molecule has 1 aliphatic heterocycles. The molecule has 1 amide bonds. The third-order valence-electron chi connectivity index (χ3n) is 5.94. The van der Waals surface area contributed by atoms with E-state index in [9.17, 15) is 9.18 Å². The van der Waals surface area contributed by atoms with Gasteiger partial charge >= 0.3 is 0 Å². The molecule has 0 saturated carbocycles. The van der Waals surface area contributed by atoms with Crippen LogP contribution in [-0.2, 0) is 11.2 Å². The zero-order chi connectivity index (χ0) is 23.2. The summed E-state index contributed by atoms with van der Waals surface area (Å²) in [5.41, 5.74) is 3.23. The highest BCUT2D eigenvalue weighted by Gasteiger charge is 2.33. The van der Waals surface area contributed by atoms with Crippen molar-refractivity contribution in [3.05, 3.63) is 89.2 Å². The molecule has 0 bridgehead atoms. The molecule has 33 heavy (non-hydrogen) atoms. The summed E-state index contributed by atoms with van der Waals surface area (Å²) in [7, 11) is 3.24. The zero-order valence-corrected chi connectivity index (χ0v) is 18.9. The number of fused-ring (bicyclic) bond motifs is 1. The Morgan fingerprint density at radius 1 is 0.970 bits per heavy atom. The maximum Gasteiger partial charge on any atom is 0.223 e. The minimum atomic E-state index is -0.398. The van der Waals surface area contributed by atoms with Crippen LogP contribution in [0.25, 0.3) is 0 Å². The van der Waals surface area contributed by atoms with E-state index in [0.717, 1.165) is 23.1 Å². The summed E-state index contributed by atoms with van der Waals surface area (Å²) in [4.78, 5) is 15.2. The van der Waals surface area contributed by atoms with E-state index in [2.05, 4.69) is 0 Å². The molecule has 0 spiro atoms. The van der Waals surface area contributed by atoms with Crippen LogP contribution in [0.4, 0.5) is 4.39 Å². The van der Waals surface area contributed by atoms with Gasteiger partial charge in [-0.1, -0.05) is 42.5 Å². The Balaban J connectivity index is 1.53. The van der Waals surface area contributed by atoms with Gasteiger partial charge in [0.05, 0.1) is 26.9 Å². The van der Waals surface area contributed by atoms with Gasteiger partial charge in [0.25, 0.3) is 0 Å². The van der Waals surface area contributed by atoms with Gasteiger partial charge in [0.2, 0.25) is 5.91 Å². The fourth-order valence-corrected chi connectivity index (χ4v) is 4.32. The molecule has 6 heteroatoms. The molecule has 1 atom stereocenters. The maximum absolute atomic E-state index is 13.7. The summed E-state index contributed by atoms with van der Waals surface area (Å²) in [6, 6.07) is 20.1. The molecule has 3 aromatic carbocycles. The first-order chi connectivity index (χ1) is 16.1. The average Bonchev–Trinajstić information content (AvgIpc) is 2.86. The molecule has 0 N–H and O–H groups in total. The fraction of sp³-hybridized carbons (Fsp3) is 0.296. The Labute approximate surface area is 193 Å². The molecule has 0 aliphatic carbocycles. The summed E-state index contributed by atoms with van der Waals surface area (Å²) in [6.45, 7) is 0.882. The lowest BCUT2D eigenvalue weighted by Gasteiger charge is -2.38. The molecular weight excluding hydrogens is 421 g/mol. The lowest BCUT2D eigenvalue weighted by molar-refractivity contribution is -0.133. The molecule has 5 nitrogen and oxygen atoms in total. The maximum atomic E-state index is 13.7. The van der Waals surface area contributed by atoms with Crippen molar-refractivity contribution in [1.82, 2.24) is 4.90 Å². The van der Waals surface area contributed by atoms with E-state index in [1.807, 2.05) is 47.4 Å². The van der Waals surface area contributed by atoms with Gasteiger partial charge in [-0.05, 0) is 53.8 Å². The Hall–Kier alpha value is -3.54. The Kier molecular flexibility index (Phi) is 7.13. The van der Waals surface area contributed by atoms with Gasteiger partial charge in [-0.25, -0.2) is 4.39 Å². The molecule has 1 aliphatic rings. The second-order valence-corrected chi connectivity index (χ2v) is 7.94. The van der Waals surface area contributed by atoms with E-state index in [1.165, 1.54) is 6.07 Å². The number of halogens is 1. The minimum absolute atomic E-state index is 0.0430. The molecule has 0 fully saturated rings. The second kappa shape index (κ2) is 10.4. The van der Waals surface area contributed by atoms with Crippen molar-refractivity contribution in [1.29, 1.82) is 0 Å². The van der Waals surface area contributed by atoms with Crippen LogP contribution >= 0.6 is 0 Å². The number of hydrogen-bond acceptors (Lipinski definition) is 4. The number of methoxy groups -OCH3 is 2. The quantitative estimate of drug-likeness (QED) is 0.445. The lowest BCUT2D eigenvalue weighted by Crippen LogP contribution is -2.40. The monoisotopic (exact) mass is 449 g/mol. The Morgan fingerprint density at radius 2 is 1.67 bits per heavy atom. The smallest absolute Gasteiger partial charge is 0.223 e. The van der Waals surface area contributed by atoms with Crippen LogP contribution < -0.4 is 14.2 Å². The van der Waals surface area contributed by atoms with Crippen LogP contribution in [0.15, 0.2) is 66.7 Å². The summed E-state index contributed by atoms with van der Waals surface area (Å²) in [5.74, 6) is 1.18. The topological polar surface area (TPSA) is 48.0 Å². The van der Waals surface area contributed by atoms with Crippen molar-refractivity contribution in [3.8, 4) is 17.2 Å². The van der Waals surface area contributed by atoms with Crippen LogP contribution in [0.5, 0.6) is 17.2 Å². The molecule has 0 aromatic heterocycles. The highest BCUT2D eigenvalue weighted by molar-refractivity contribution is 5.78. The number of amides is 1. The molecule has 1 unspecified atom stereocenters. The van der Waals surface area contributed by atoms with Gasteiger partial charge in [0.1, 0.15) is 0 Å². The van der Waals surface area contributed by atoms with Crippen molar-refractivity contribution in [2.45, 2.75) is 25.3 Å². The Bertz CT molecular complexity index is 1100. The molecular formula is C27H28FNO4. The molecule has 1 heterocycles. The number of benzene rings is 3. The molecule has 172 valence electrons. The van der Waals surface area contributed by atoms with Crippen LogP contribution in [0, 0.1) is 5.82 Å². The van der Waals surface area contributed by atoms with E-state index in [-0.39, 0.29) is 24.3 Å². The first-order valence-corrected chi connectivity index (χ1v) is 11.1. The predicted molar refractivity (Wildman–Crippen MR) is 124 cm³/mol. The van der Waals surface area contributed by atoms with Crippen LogP contribution in [0.3, 0.4) is 0 Å². The number of hydrogen-bond donors (Lipinski definition) is 0. The largest absolute Gasteiger partial charge is 0.493 e. The lowest BCUT2D eigenvalue weighted by atomic mass is 9.87. The van der Waals surface area contributed by atoms with Crippen LogP contribution in [-0.4, -0.2) is 38.2 Å². The van der Waals surface area contributed by atoms with Crippen molar-refractivity contribution < 1.29 is 23.4 Å². The molecule has 0 radical (unpaired) electrons. The second-order valence-electron chi connectivity index (χ2n) is 7.94. The Morgan fingerprint density at radius 3 is 2.39 bits per heavy atom. The summed E-state index contributed by atoms with van der Waals surface area (Å²) < 4.78 is 30.3. The molecule has 0 saturated heterocycles. The summed E-state index contributed by atoms with van der Waals surface area (Å²) in [5, 5.41) is 0. The van der Waals surface area contributed by atoms with Gasteiger partial charge in [0, 0.05) is 13.0 Å². The summed E-state index contributed by atoms with van der Waals surface area (Å²) in [6.07, 6.45) is 1.56. The zero-order valence-electron chi connectivity index (χ0n) is 18.9. The normalized spacial score (nSPS) is 15.0. The van der Waals surface area contributed by atoms with Gasteiger partial charge in [-0.2, -0.15) is 0 Å². The fourth-order valence-electron chi connectivity index (χ4n) is 4.32. The van der Waals surface area contributed by atoms with E-state index in [1.54, 1.807) is 32.4 Å². The van der Waals surface area contributed by atoms with E-state index < -0.39 is 5.82 Å². The number of rotatable bonds is 8. The van der Waals surface area contributed by atoms with Gasteiger partial charge in [-0.15, -0.1) is 0 Å². The molecule has 3 aromatic rings. The highest BCUT2D eigenvalue weighted by Crippen LogP contribution is 2.41. The predicted octanol–water partition coefficient (Wildman–Crippen LogP) is 5.18. The number of ether oxygens (including phenoxy) is 3. The van der Waals surface area contributed by atoms with Gasteiger partial charge in [0.15, 0.2) is 23.1 Å². The average molecular weight is 450 g/mol. The van der Waals surface area contributed by atoms with Gasteiger partial charge in [-0.3, -0.25) is 4.79 Å². The van der Waals surface area contributed by atoms with E-state index in [0.29, 0.717) is 30.9 Å². The van der Waals surface area contributed by atoms with Gasteiger partial charge < -0.3 is 19.1 Å². The number of carbonyl (C=O) groups is 1. The first-order valence-electron chi connectivity index (χ1n) is 11.1. The third-order valence-corrected chi connectivity index (χ3v) is 5.94. The summed E-state index contributed by atoms with van der Waals surface area (Å²) >= 11 is 0. The van der Waals surface area contributed by atoms with E-state index >= 15 is 0 Å². The number of nitrogens with zero attached hydrogens (tertiary/aromatic N) is 1. The van der Waals surface area contributed by atoms with Crippen molar-refractivity contribution in [2.75, 3.05) is 27.4 Å². The van der Waals surface area contributed by atoms with E-state index in [4.69, 9.17) is 14.2 Å².